The molecule has 0 unspecified atom stereocenters. The number of carbonyl (C=O) groups excluding carboxylic acids is 2. The lowest BCUT2D eigenvalue weighted by Gasteiger charge is -2.16. The van der Waals surface area contributed by atoms with Crippen LogP contribution in [0, 0.1) is 6.92 Å². The second-order valence-electron chi connectivity index (χ2n) is 5.85. The molecule has 0 saturated carbocycles. The van der Waals surface area contributed by atoms with Gasteiger partial charge in [-0.3, -0.25) is 4.79 Å². The molecule has 0 aliphatic carbocycles. The molecule has 1 heterocycles. The summed E-state index contributed by atoms with van der Waals surface area (Å²) in [5.74, 6) is -0.536. The Morgan fingerprint density at radius 1 is 1.24 bits per heavy atom. The summed E-state index contributed by atoms with van der Waals surface area (Å²) in [6.45, 7) is 7.41. The van der Waals surface area contributed by atoms with Gasteiger partial charge in [0.15, 0.2) is 6.10 Å². The van der Waals surface area contributed by atoms with Crippen molar-refractivity contribution in [2.45, 2.75) is 46.4 Å². The van der Waals surface area contributed by atoms with Gasteiger partial charge in [0.25, 0.3) is 5.91 Å². The molecule has 1 aromatic carbocycles. The lowest BCUT2D eigenvalue weighted by molar-refractivity contribution is -0.129. The molecule has 7 heteroatoms. The number of benzene rings is 1. The highest BCUT2D eigenvalue weighted by Crippen LogP contribution is 2.21. The Labute approximate surface area is 151 Å². The average Bonchev–Trinajstić information content (AvgIpc) is 2.98. The summed E-state index contributed by atoms with van der Waals surface area (Å²) < 4.78 is 11.0. The second-order valence-corrected chi connectivity index (χ2v) is 6.92. The predicted molar refractivity (Wildman–Crippen MR) is 95.8 cm³/mol. The maximum absolute atomic E-state index is 12.4. The monoisotopic (exact) mass is 362 g/mol. The van der Waals surface area contributed by atoms with Crippen molar-refractivity contribution in [2.24, 2.45) is 0 Å². The number of amides is 1. The summed E-state index contributed by atoms with van der Waals surface area (Å²) in [5, 5.41) is 5.57. The molecule has 0 saturated heterocycles. The SMILES string of the molecule is Cc1nc(COc2ccccc2C(=O)O[C@H](C)C(=O)NC(C)C)cs1. The molecule has 1 N–H and O–H groups in total. The van der Waals surface area contributed by atoms with Crippen LogP contribution in [-0.4, -0.2) is 29.0 Å². The van der Waals surface area contributed by atoms with E-state index in [1.807, 2.05) is 26.2 Å². The fourth-order valence-electron chi connectivity index (χ4n) is 2.07. The Hall–Kier alpha value is -2.41. The second kappa shape index (κ2) is 8.62. The van der Waals surface area contributed by atoms with E-state index in [1.54, 1.807) is 24.3 Å². The van der Waals surface area contributed by atoms with E-state index in [-0.39, 0.29) is 24.1 Å². The van der Waals surface area contributed by atoms with E-state index in [0.717, 1.165) is 10.7 Å². The van der Waals surface area contributed by atoms with Crippen LogP contribution < -0.4 is 10.1 Å². The molecule has 2 aromatic rings. The number of hydrogen-bond donors (Lipinski definition) is 1. The Kier molecular flexibility index (Phi) is 6.52. The molecule has 1 atom stereocenters. The lowest BCUT2D eigenvalue weighted by Crippen LogP contribution is -2.39. The molecular formula is C18H22N2O4S. The first-order valence-corrected chi connectivity index (χ1v) is 8.89. The topological polar surface area (TPSA) is 77.5 Å². The number of nitrogens with zero attached hydrogens (tertiary/aromatic N) is 1. The molecule has 0 spiro atoms. The van der Waals surface area contributed by atoms with Crippen molar-refractivity contribution in [1.82, 2.24) is 10.3 Å². The van der Waals surface area contributed by atoms with Crippen molar-refractivity contribution in [1.29, 1.82) is 0 Å². The zero-order valence-corrected chi connectivity index (χ0v) is 15.6. The first-order chi connectivity index (χ1) is 11.9. The van der Waals surface area contributed by atoms with Crippen molar-refractivity contribution >= 4 is 23.2 Å². The van der Waals surface area contributed by atoms with Crippen molar-refractivity contribution in [3.8, 4) is 5.75 Å². The van der Waals surface area contributed by atoms with Crippen LogP contribution >= 0.6 is 11.3 Å². The van der Waals surface area contributed by atoms with Crippen LogP contribution in [0.4, 0.5) is 0 Å². The Bertz CT molecular complexity index is 742. The Balaban J connectivity index is 2.03. The molecule has 0 bridgehead atoms. The van der Waals surface area contributed by atoms with E-state index in [2.05, 4.69) is 10.3 Å². The number of nitrogens with one attached hydrogen (secondary N) is 1. The van der Waals surface area contributed by atoms with Crippen LogP contribution in [0.5, 0.6) is 5.75 Å². The van der Waals surface area contributed by atoms with E-state index in [0.29, 0.717) is 5.75 Å². The van der Waals surface area contributed by atoms with Crippen molar-refractivity contribution in [3.63, 3.8) is 0 Å². The van der Waals surface area contributed by atoms with Crippen molar-refractivity contribution in [3.05, 3.63) is 45.9 Å². The number of carbonyl (C=O) groups is 2. The van der Waals surface area contributed by atoms with Gasteiger partial charge >= 0.3 is 5.97 Å². The quantitative estimate of drug-likeness (QED) is 0.766. The molecule has 134 valence electrons. The van der Waals surface area contributed by atoms with Gasteiger partial charge in [-0.1, -0.05) is 12.1 Å². The van der Waals surface area contributed by atoms with E-state index in [4.69, 9.17) is 9.47 Å². The van der Waals surface area contributed by atoms with Gasteiger partial charge in [-0.15, -0.1) is 11.3 Å². The van der Waals surface area contributed by atoms with E-state index in [1.165, 1.54) is 18.3 Å². The van der Waals surface area contributed by atoms with Gasteiger partial charge in [-0.25, -0.2) is 9.78 Å². The van der Waals surface area contributed by atoms with Crippen LogP contribution in [0.1, 0.15) is 41.8 Å². The molecule has 0 aliphatic rings. The highest BCUT2D eigenvalue weighted by molar-refractivity contribution is 7.09. The van der Waals surface area contributed by atoms with Crippen LogP contribution in [0.3, 0.4) is 0 Å². The van der Waals surface area contributed by atoms with Gasteiger partial charge < -0.3 is 14.8 Å². The third-order valence-electron chi connectivity index (χ3n) is 3.23. The first kappa shape index (κ1) is 18.9. The third-order valence-corrected chi connectivity index (χ3v) is 4.06. The van der Waals surface area contributed by atoms with Gasteiger partial charge in [0.1, 0.15) is 17.9 Å². The maximum Gasteiger partial charge on any atom is 0.342 e. The van der Waals surface area contributed by atoms with E-state index < -0.39 is 12.1 Å². The van der Waals surface area contributed by atoms with Gasteiger partial charge in [0.05, 0.1) is 10.7 Å². The van der Waals surface area contributed by atoms with Crippen molar-refractivity contribution in [2.75, 3.05) is 0 Å². The number of hydrogen-bond acceptors (Lipinski definition) is 6. The van der Waals surface area contributed by atoms with Gasteiger partial charge in [-0.05, 0) is 39.8 Å². The standard InChI is InChI=1S/C18H22N2O4S/c1-11(2)19-17(21)12(3)24-18(22)15-7-5-6-8-16(15)23-9-14-10-25-13(4)20-14/h5-8,10-12H,9H2,1-4H3,(H,19,21)/t12-/m1/s1. The zero-order valence-electron chi connectivity index (χ0n) is 14.7. The van der Waals surface area contributed by atoms with Gasteiger partial charge in [0.2, 0.25) is 0 Å². The van der Waals surface area contributed by atoms with Crippen LogP contribution in [-0.2, 0) is 16.1 Å². The predicted octanol–water partition coefficient (Wildman–Crippen LogP) is 3.10. The summed E-state index contributed by atoms with van der Waals surface area (Å²) in [4.78, 5) is 28.6. The minimum absolute atomic E-state index is 0.0224. The molecule has 1 aromatic heterocycles. The normalized spacial score (nSPS) is 11.9. The van der Waals surface area contributed by atoms with Gasteiger partial charge in [-0.2, -0.15) is 0 Å². The van der Waals surface area contributed by atoms with Crippen LogP contribution in [0.15, 0.2) is 29.6 Å². The maximum atomic E-state index is 12.4. The molecule has 2 rings (SSSR count). The van der Waals surface area contributed by atoms with E-state index >= 15 is 0 Å². The summed E-state index contributed by atoms with van der Waals surface area (Å²) in [5.41, 5.74) is 1.08. The van der Waals surface area contributed by atoms with Gasteiger partial charge in [0, 0.05) is 11.4 Å². The van der Waals surface area contributed by atoms with Crippen molar-refractivity contribution < 1.29 is 19.1 Å². The number of ether oxygens (including phenoxy) is 2. The molecule has 25 heavy (non-hydrogen) atoms. The number of thiazole rings is 1. The molecule has 0 radical (unpaired) electrons. The summed E-state index contributed by atoms with van der Waals surface area (Å²) >= 11 is 1.54. The number of esters is 1. The smallest absolute Gasteiger partial charge is 0.342 e. The van der Waals surface area contributed by atoms with E-state index in [9.17, 15) is 9.59 Å². The minimum atomic E-state index is -0.885. The Morgan fingerprint density at radius 2 is 1.96 bits per heavy atom. The summed E-state index contributed by atoms with van der Waals surface area (Å²) in [6.07, 6.45) is -0.885. The molecule has 1 amide bonds. The largest absolute Gasteiger partial charge is 0.486 e. The number of para-hydroxylation sites is 1. The minimum Gasteiger partial charge on any atom is -0.486 e. The summed E-state index contributed by atoms with van der Waals surface area (Å²) in [6, 6.07) is 6.76. The number of aromatic nitrogens is 1. The molecule has 0 fully saturated rings. The zero-order chi connectivity index (χ0) is 18.4. The van der Waals surface area contributed by atoms with Crippen LogP contribution in [0.25, 0.3) is 0 Å². The number of aryl methyl sites for hydroxylation is 1. The average molecular weight is 362 g/mol. The highest BCUT2D eigenvalue weighted by Gasteiger charge is 2.21. The third kappa shape index (κ3) is 5.56. The fraction of sp³-hybridized carbons (Fsp3) is 0.389. The lowest BCUT2D eigenvalue weighted by atomic mass is 10.2. The fourth-order valence-corrected chi connectivity index (χ4v) is 2.66. The van der Waals surface area contributed by atoms with Crippen LogP contribution in [0.2, 0.25) is 0 Å². The Morgan fingerprint density at radius 3 is 2.60 bits per heavy atom. The summed E-state index contributed by atoms with van der Waals surface area (Å²) in [7, 11) is 0. The molecule has 0 aliphatic heterocycles. The first-order valence-electron chi connectivity index (χ1n) is 8.01. The highest BCUT2D eigenvalue weighted by atomic mass is 32.1. The number of rotatable bonds is 7. The molecular weight excluding hydrogens is 340 g/mol. The molecule has 6 nitrogen and oxygen atoms in total.